The third kappa shape index (κ3) is 2.85. The summed E-state index contributed by atoms with van der Waals surface area (Å²) in [4.78, 5) is 15.7. The van der Waals surface area contributed by atoms with Gasteiger partial charge < -0.3 is 14.8 Å². The van der Waals surface area contributed by atoms with Crippen molar-refractivity contribution in [3.05, 3.63) is 47.0 Å². The number of nitrogens with one attached hydrogen (secondary N) is 1. The average Bonchev–Trinajstić information content (AvgIpc) is 3.18. The zero-order valence-corrected chi connectivity index (χ0v) is 16.7. The number of benzene rings is 1. The number of hydrogen-bond acceptors (Lipinski definition) is 4. The fourth-order valence-corrected chi connectivity index (χ4v) is 5.37. The highest BCUT2D eigenvalue weighted by Gasteiger charge is 2.42. The van der Waals surface area contributed by atoms with Crippen molar-refractivity contribution in [2.24, 2.45) is 0 Å². The predicted molar refractivity (Wildman–Crippen MR) is 107 cm³/mol. The first kappa shape index (κ1) is 17.9. The lowest BCUT2D eigenvalue weighted by Crippen LogP contribution is -2.49. The Morgan fingerprint density at radius 3 is 2.86 bits per heavy atom. The molecule has 3 heterocycles. The second-order valence-electron chi connectivity index (χ2n) is 8.71. The number of fused-ring (bicyclic) bond motifs is 2. The van der Waals surface area contributed by atoms with E-state index in [1.54, 1.807) is 0 Å². The number of carbonyl (C=O) groups excluding carboxylic acids is 1. The highest BCUT2D eigenvalue weighted by Crippen LogP contribution is 2.40. The molecule has 0 radical (unpaired) electrons. The van der Waals surface area contributed by atoms with E-state index >= 15 is 0 Å². The Hall–Kier alpha value is -2.21. The van der Waals surface area contributed by atoms with E-state index in [1.165, 1.54) is 11.1 Å². The van der Waals surface area contributed by atoms with Gasteiger partial charge in [0.1, 0.15) is 11.6 Å². The molecular formula is C22H29N5O. The number of aromatic nitrogens is 3. The summed E-state index contributed by atoms with van der Waals surface area (Å²) < 4.78 is 2.29. The van der Waals surface area contributed by atoms with E-state index in [0.717, 1.165) is 76.5 Å². The normalized spacial score (nSPS) is 25.2. The molecule has 1 aromatic carbocycles. The summed E-state index contributed by atoms with van der Waals surface area (Å²) in [6.07, 6.45) is 5.10. The zero-order valence-electron chi connectivity index (χ0n) is 16.7. The van der Waals surface area contributed by atoms with E-state index in [1.807, 2.05) is 0 Å². The number of nitrogens with zero attached hydrogens (tertiary/aromatic N) is 4. The molecule has 1 atom stereocenters. The Balaban J connectivity index is 1.31. The molecule has 1 fully saturated rings. The van der Waals surface area contributed by atoms with Gasteiger partial charge in [-0.3, -0.25) is 4.79 Å². The molecular weight excluding hydrogens is 350 g/mol. The van der Waals surface area contributed by atoms with Gasteiger partial charge >= 0.3 is 0 Å². The number of aryl methyl sites for hydroxylation is 1. The van der Waals surface area contributed by atoms with Crippen LogP contribution in [0.4, 0.5) is 0 Å². The maximum absolute atomic E-state index is 13.5. The van der Waals surface area contributed by atoms with E-state index in [4.69, 9.17) is 0 Å². The fourth-order valence-electron chi connectivity index (χ4n) is 5.37. The maximum Gasteiger partial charge on any atom is 0.232 e. The van der Waals surface area contributed by atoms with Gasteiger partial charge in [-0.25, -0.2) is 0 Å². The third-order valence-electron chi connectivity index (χ3n) is 7.01. The van der Waals surface area contributed by atoms with Crippen LogP contribution in [-0.2, 0) is 29.7 Å². The number of piperidine rings is 1. The molecule has 1 unspecified atom stereocenters. The first-order chi connectivity index (χ1) is 13.7. The van der Waals surface area contributed by atoms with E-state index in [2.05, 4.69) is 56.2 Å². The summed E-state index contributed by atoms with van der Waals surface area (Å²) >= 11 is 0. The number of likely N-dealkylation sites (tertiary alicyclic amines) is 1. The maximum atomic E-state index is 13.5. The Morgan fingerprint density at radius 1 is 1.18 bits per heavy atom. The molecule has 1 saturated heterocycles. The Kier molecular flexibility index (Phi) is 4.46. The summed E-state index contributed by atoms with van der Waals surface area (Å²) in [5.41, 5.74) is 2.22. The molecule has 28 heavy (non-hydrogen) atoms. The van der Waals surface area contributed by atoms with Crippen LogP contribution in [-0.4, -0.2) is 45.2 Å². The highest BCUT2D eigenvalue weighted by atomic mass is 16.2. The molecule has 1 aliphatic carbocycles. The summed E-state index contributed by atoms with van der Waals surface area (Å²) in [6, 6.07) is 8.52. The van der Waals surface area contributed by atoms with E-state index in [9.17, 15) is 4.79 Å². The first-order valence-corrected chi connectivity index (χ1v) is 10.7. The van der Waals surface area contributed by atoms with Gasteiger partial charge in [-0.15, -0.1) is 10.2 Å². The number of hydrogen-bond donors (Lipinski definition) is 1. The smallest absolute Gasteiger partial charge is 0.232 e. The summed E-state index contributed by atoms with van der Waals surface area (Å²) in [5.74, 6) is 2.89. The molecule has 0 bridgehead atoms. The molecule has 3 aliphatic rings. The van der Waals surface area contributed by atoms with Crippen LogP contribution in [0.5, 0.6) is 0 Å². The number of amides is 1. The fraction of sp³-hybridized carbons (Fsp3) is 0.591. The quantitative estimate of drug-likeness (QED) is 0.870. The Morgan fingerprint density at radius 2 is 2.00 bits per heavy atom. The van der Waals surface area contributed by atoms with Crippen LogP contribution in [0.25, 0.3) is 0 Å². The van der Waals surface area contributed by atoms with Gasteiger partial charge in [0.25, 0.3) is 0 Å². The molecule has 0 saturated carbocycles. The molecule has 5 rings (SSSR count). The SMILES string of the molecule is CC1(C(=O)N2CCC(c3nnc4n3CCNC4)CC2)CCCc2ccccc21. The van der Waals surface area contributed by atoms with Crippen molar-refractivity contribution < 1.29 is 4.79 Å². The van der Waals surface area contributed by atoms with Crippen molar-refractivity contribution in [1.82, 2.24) is 25.0 Å². The second-order valence-corrected chi connectivity index (χ2v) is 8.71. The van der Waals surface area contributed by atoms with Crippen LogP contribution in [0.3, 0.4) is 0 Å². The highest BCUT2D eigenvalue weighted by molar-refractivity contribution is 5.88. The first-order valence-electron chi connectivity index (χ1n) is 10.7. The predicted octanol–water partition coefficient (Wildman–Crippen LogP) is 2.38. The number of rotatable bonds is 2. The van der Waals surface area contributed by atoms with Crippen LogP contribution in [0, 0.1) is 0 Å². The third-order valence-corrected chi connectivity index (χ3v) is 7.01. The van der Waals surface area contributed by atoms with Crippen molar-refractivity contribution in [2.75, 3.05) is 19.6 Å². The van der Waals surface area contributed by atoms with Gasteiger partial charge in [0.2, 0.25) is 5.91 Å². The van der Waals surface area contributed by atoms with E-state index in [0.29, 0.717) is 11.8 Å². The lowest BCUT2D eigenvalue weighted by atomic mass is 9.70. The van der Waals surface area contributed by atoms with Gasteiger partial charge in [0.15, 0.2) is 0 Å². The summed E-state index contributed by atoms with van der Waals surface area (Å²) in [5, 5.41) is 12.2. The standard InChI is InChI=1S/C22H29N5O/c1-22(10-4-6-16-5-2-3-7-18(16)22)21(28)26-12-8-17(9-13-26)20-25-24-19-15-23-11-14-27(19)20/h2-3,5,7,17,23H,4,6,8-15H2,1H3. The minimum Gasteiger partial charge on any atom is -0.342 e. The van der Waals surface area contributed by atoms with Gasteiger partial charge in [-0.1, -0.05) is 24.3 Å². The minimum atomic E-state index is -0.374. The van der Waals surface area contributed by atoms with Crippen LogP contribution in [0.15, 0.2) is 24.3 Å². The average molecular weight is 380 g/mol. The molecule has 1 amide bonds. The minimum absolute atomic E-state index is 0.311. The van der Waals surface area contributed by atoms with Gasteiger partial charge in [0, 0.05) is 32.1 Å². The van der Waals surface area contributed by atoms with Crippen molar-refractivity contribution in [3.8, 4) is 0 Å². The lowest BCUT2D eigenvalue weighted by Gasteiger charge is -2.41. The van der Waals surface area contributed by atoms with E-state index in [-0.39, 0.29) is 5.41 Å². The van der Waals surface area contributed by atoms with Gasteiger partial charge in [0.05, 0.1) is 12.0 Å². The molecule has 2 aliphatic heterocycles. The van der Waals surface area contributed by atoms with Crippen molar-refractivity contribution in [2.45, 2.75) is 63.5 Å². The van der Waals surface area contributed by atoms with Crippen LogP contribution in [0.1, 0.15) is 61.3 Å². The van der Waals surface area contributed by atoms with Crippen molar-refractivity contribution >= 4 is 5.91 Å². The summed E-state index contributed by atoms with van der Waals surface area (Å²) in [6.45, 7) is 6.53. The number of carbonyl (C=O) groups is 1. The Labute approximate surface area is 166 Å². The molecule has 148 valence electrons. The monoisotopic (exact) mass is 379 g/mol. The van der Waals surface area contributed by atoms with Crippen molar-refractivity contribution in [1.29, 1.82) is 0 Å². The largest absolute Gasteiger partial charge is 0.342 e. The Bertz CT molecular complexity index is 883. The molecule has 6 heteroatoms. The van der Waals surface area contributed by atoms with Crippen LogP contribution >= 0.6 is 0 Å². The molecule has 6 nitrogen and oxygen atoms in total. The molecule has 1 N–H and O–H groups in total. The molecule has 1 aromatic heterocycles. The summed E-state index contributed by atoms with van der Waals surface area (Å²) in [7, 11) is 0. The van der Waals surface area contributed by atoms with Crippen LogP contribution < -0.4 is 5.32 Å². The van der Waals surface area contributed by atoms with Gasteiger partial charge in [-0.2, -0.15) is 0 Å². The molecule has 2 aromatic rings. The topological polar surface area (TPSA) is 63.1 Å². The van der Waals surface area contributed by atoms with Gasteiger partial charge in [-0.05, 0) is 50.2 Å². The van der Waals surface area contributed by atoms with Crippen molar-refractivity contribution in [3.63, 3.8) is 0 Å². The second kappa shape index (κ2) is 6.99. The van der Waals surface area contributed by atoms with E-state index < -0.39 is 0 Å². The zero-order chi connectivity index (χ0) is 19.1. The molecule has 0 spiro atoms. The van der Waals surface area contributed by atoms with Crippen LogP contribution in [0.2, 0.25) is 0 Å². The lowest BCUT2D eigenvalue weighted by molar-refractivity contribution is -0.138.